The molecule has 0 fully saturated rings. The molecule has 0 aromatic carbocycles. The number of nitrogens with zero attached hydrogens (tertiary/aromatic N) is 1. The Hall–Kier alpha value is -1.86. The van der Waals surface area contributed by atoms with Gasteiger partial charge < -0.3 is 9.64 Å². The van der Waals surface area contributed by atoms with Crippen molar-refractivity contribution in [3.63, 3.8) is 0 Å². The maximum atomic E-state index is 12.2. The molecule has 2 heterocycles. The monoisotopic (exact) mass is 324 g/mol. The number of hydrogen-bond acceptors (Lipinski definition) is 5. The van der Waals surface area contributed by atoms with Crippen LogP contribution in [0.5, 0.6) is 0 Å². The molecule has 2 aromatic heterocycles. The van der Waals surface area contributed by atoms with E-state index in [1.165, 1.54) is 18.4 Å². The summed E-state index contributed by atoms with van der Waals surface area (Å²) in [6.07, 6.45) is 0. The Kier molecular flexibility index (Phi) is 4.98. The summed E-state index contributed by atoms with van der Waals surface area (Å²) in [6, 6.07) is 5.35. The van der Waals surface area contributed by atoms with Crippen LogP contribution in [0, 0.1) is 0 Å². The zero-order chi connectivity index (χ0) is 15.4. The fourth-order valence-electron chi connectivity index (χ4n) is 1.72. The van der Waals surface area contributed by atoms with Crippen LogP contribution in [0.15, 0.2) is 29.0 Å². The Balaban J connectivity index is 2.00. The first-order valence-corrected chi connectivity index (χ1v) is 8.03. The van der Waals surface area contributed by atoms with Crippen LogP contribution in [0.4, 0.5) is 9.80 Å². The fourth-order valence-corrected chi connectivity index (χ4v) is 3.30. The van der Waals surface area contributed by atoms with Crippen molar-refractivity contribution in [2.75, 3.05) is 19.5 Å². The van der Waals surface area contributed by atoms with Gasteiger partial charge >= 0.3 is 12.0 Å². The number of methoxy groups -OCH3 is 1. The lowest BCUT2D eigenvalue weighted by atomic mass is 10.2. The Morgan fingerprint density at radius 3 is 2.76 bits per heavy atom. The summed E-state index contributed by atoms with van der Waals surface area (Å²) >= 11 is 2.91. The van der Waals surface area contributed by atoms with E-state index < -0.39 is 5.97 Å². The summed E-state index contributed by atoms with van der Waals surface area (Å²) in [5.74, 6) is -0.410. The Morgan fingerprint density at radius 2 is 2.14 bits per heavy atom. The van der Waals surface area contributed by atoms with Gasteiger partial charge in [0.05, 0.1) is 23.7 Å². The third-order valence-electron chi connectivity index (χ3n) is 3.11. The molecule has 0 saturated heterocycles. The second-order valence-electron chi connectivity index (χ2n) is 4.42. The van der Waals surface area contributed by atoms with Crippen molar-refractivity contribution in [2.24, 2.45) is 0 Å². The van der Waals surface area contributed by atoms with E-state index in [1.54, 1.807) is 34.7 Å². The molecular formula is C14H16N2O3S2. The lowest BCUT2D eigenvalue weighted by Gasteiger charge is -2.24. The summed E-state index contributed by atoms with van der Waals surface area (Å²) < 4.78 is 4.64. The molecule has 0 aliphatic rings. The topological polar surface area (TPSA) is 58.6 Å². The number of carbonyl (C=O) groups is 2. The van der Waals surface area contributed by atoms with Gasteiger partial charge in [0.2, 0.25) is 0 Å². The molecule has 2 amide bonds. The number of rotatable bonds is 4. The van der Waals surface area contributed by atoms with Crippen molar-refractivity contribution < 1.29 is 14.3 Å². The number of hydrogen-bond donors (Lipinski definition) is 1. The molecule has 21 heavy (non-hydrogen) atoms. The van der Waals surface area contributed by atoms with Gasteiger partial charge in [0.1, 0.15) is 0 Å². The number of esters is 1. The van der Waals surface area contributed by atoms with E-state index in [9.17, 15) is 9.59 Å². The summed E-state index contributed by atoms with van der Waals surface area (Å²) in [4.78, 5) is 26.3. The first-order chi connectivity index (χ1) is 10.0. The van der Waals surface area contributed by atoms with Crippen molar-refractivity contribution in [3.05, 3.63) is 39.4 Å². The second-order valence-corrected chi connectivity index (χ2v) is 6.31. The Bertz CT molecular complexity index is 622. The van der Waals surface area contributed by atoms with Gasteiger partial charge in [-0.2, -0.15) is 0 Å². The van der Waals surface area contributed by atoms with Crippen LogP contribution in [0.3, 0.4) is 0 Å². The molecule has 112 valence electrons. The molecule has 2 rings (SSSR count). The molecule has 0 aliphatic heterocycles. The van der Waals surface area contributed by atoms with Crippen LogP contribution in [0.1, 0.15) is 28.2 Å². The van der Waals surface area contributed by atoms with E-state index in [0.29, 0.717) is 10.6 Å². The minimum atomic E-state index is -0.410. The minimum absolute atomic E-state index is 0.00922. The number of ether oxygens (including phenoxy) is 1. The molecule has 1 atom stereocenters. The van der Waals surface area contributed by atoms with Crippen LogP contribution in [0.2, 0.25) is 0 Å². The van der Waals surface area contributed by atoms with E-state index in [4.69, 9.17) is 0 Å². The molecule has 0 unspecified atom stereocenters. The van der Waals surface area contributed by atoms with Crippen molar-refractivity contribution >= 4 is 39.7 Å². The predicted molar refractivity (Wildman–Crippen MR) is 85.2 cm³/mol. The van der Waals surface area contributed by atoms with E-state index in [0.717, 1.165) is 4.88 Å². The van der Waals surface area contributed by atoms with Crippen molar-refractivity contribution in [1.29, 1.82) is 0 Å². The van der Waals surface area contributed by atoms with Crippen molar-refractivity contribution in [2.45, 2.75) is 13.0 Å². The summed E-state index contributed by atoms with van der Waals surface area (Å²) in [5.41, 5.74) is 0.437. The molecule has 5 nitrogen and oxygen atoms in total. The smallest absolute Gasteiger partial charge is 0.338 e. The lowest BCUT2D eigenvalue weighted by Crippen LogP contribution is -2.33. The molecule has 2 aromatic rings. The molecular weight excluding hydrogens is 308 g/mol. The summed E-state index contributed by atoms with van der Waals surface area (Å²) in [5, 5.41) is 7.05. The normalized spacial score (nSPS) is 11.8. The van der Waals surface area contributed by atoms with Gasteiger partial charge in [-0.15, -0.1) is 22.7 Å². The third-order valence-corrected chi connectivity index (χ3v) is 5.00. The first kappa shape index (κ1) is 15.5. The highest BCUT2D eigenvalue weighted by molar-refractivity contribution is 7.14. The van der Waals surface area contributed by atoms with Crippen LogP contribution < -0.4 is 5.32 Å². The molecule has 1 N–H and O–H groups in total. The van der Waals surface area contributed by atoms with Crippen LogP contribution >= 0.6 is 22.7 Å². The summed E-state index contributed by atoms with van der Waals surface area (Å²) in [6.45, 7) is 1.97. The van der Waals surface area contributed by atoms with Gasteiger partial charge in [-0.05, 0) is 24.4 Å². The first-order valence-electron chi connectivity index (χ1n) is 6.27. The van der Waals surface area contributed by atoms with Gasteiger partial charge in [0, 0.05) is 17.3 Å². The molecule has 0 aliphatic carbocycles. The number of thiophene rings is 2. The highest BCUT2D eigenvalue weighted by Gasteiger charge is 2.19. The van der Waals surface area contributed by atoms with E-state index >= 15 is 0 Å². The van der Waals surface area contributed by atoms with Gasteiger partial charge in [-0.1, -0.05) is 6.07 Å². The van der Waals surface area contributed by atoms with Crippen LogP contribution in [-0.2, 0) is 4.74 Å². The van der Waals surface area contributed by atoms with Gasteiger partial charge in [-0.25, -0.2) is 9.59 Å². The molecule has 0 bridgehead atoms. The maximum absolute atomic E-state index is 12.2. The third kappa shape index (κ3) is 3.62. The molecule has 0 saturated carbocycles. The van der Waals surface area contributed by atoms with E-state index in [2.05, 4.69) is 10.1 Å². The van der Waals surface area contributed by atoms with Crippen LogP contribution in [0.25, 0.3) is 0 Å². The highest BCUT2D eigenvalue weighted by atomic mass is 32.1. The Morgan fingerprint density at radius 1 is 1.38 bits per heavy atom. The average molecular weight is 324 g/mol. The van der Waals surface area contributed by atoms with Gasteiger partial charge in [0.15, 0.2) is 0 Å². The highest BCUT2D eigenvalue weighted by Crippen LogP contribution is 2.25. The van der Waals surface area contributed by atoms with Gasteiger partial charge in [-0.3, -0.25) is 5.32 Å². The Labute approximate surface area is 131 Å². The fraction of sp³-hybridized carbons (Fsp3) is 0.286. The number of amides is 2. The number of nitrogens with one attached hydrogen (secondary N) is 1. The standard InChI is InChI=1S/C14H16N2O3S2/c1-9(11-5-4-6-20-11)16(2)14(18)15-12-7-10(8-21-12)13(17)19-3/h4-9H,1-3H3,(H,15,18)/t9-/m1/s1. The maximum Gasteiger partial charge on any atom is 0.338 e. The van der Waals surface area contributed by atoms with Crippen LogP contribution in [-0.4, -0.2) is 31.1 Å². The quantitative estimate of drug-likeness (QED) is 0.870. The average Bonchev–Trinajstić information content (AvgIpc) is 3.16. The van der Waals surface area contributed by atoms with E-state index in [-0.39, 0.29) is 12.1 Å². The molecule has 0 radical (unpaired) electrons. The lowest BCUT2D eigenvalue weighted by molar-refractivity contribution is 0.0601. The number of anilines is 1. The molecule has 0 spiro atoms. The SMILES string of the molecule is COC(=O)c1csc(NC(=O)N(C)[C@H](C)c2cccs2)c1. The van der Waals surface area contributed by atoms with Crippen molar-refractivity contribution in [3.8, 4) is 0 Å². The van der Waals surface area contributed by atoms with Gasteiger partial charge in [0.25, 0.3) is 0 Å². The largest absolute Gasteiger partial charge is 0.465 e. The second kappa shape index (κ2) is 6.73. The summed E-state index contributed by atoms with van der Waals surface area (Å²) in [7, 11) is 3.07. The number of urea groups is 1. The van der Waals surface area contributed by atoms with Crippen molar-refractivity contribution in [1.82, 2.24) is 4.90 Å². The van der Waals surface area contributed by atoms with E-state index in [1.807, 2.05) is 24.4 Å². The zero-order valence-electron chi connectivity index (χ0n) is 12.0. The zero-order valence-corrected chi connectivity index (χ0v) is 13.6. The minimum Gasteiger partial charge on any atom is -0.465 e. The molecule has 7 heteroatoms. The number of carbonyl (C=O) groups excluding carboxylic acids is 2. The predicted octanol–water partition coefficient (Wildman–Crippen LogP) is 3.82.